The maximum atomic E-state index is 7.01. The predicted molar refractivity (Wildman–Crippen MR) is 111 cm³/mol. The van der Waals surface area contributed by atoms with Gasteiger partial charge >= 0.3 is 0 Å². The van der Waals surface area contributed by atoms with Crippen LogP contribution in [0.3, 0.4) is 0 Å². The number of benzene rings is 2. The third-order valence-electron chi connectivity index (χ3n) is 6.44. The molecule has 2 fully saturated rings. The summed E-state index contributed by atoms with van der Waals surface area (Å²) in [6.07, 6.45) is 2.86. The van der Waals surface area contributed by atoms with Crippen molar-refractivity contribution in [2.24, 2.45) is 11.8 Å². The van der Waals surface area contributed by atoms with E-state index in [1.165, 1.54) is 24.0 Å². The van der Waals surface area contributed by atoms with Crippen molar-refractivity contribution in [2.45, 2.75) is 31.1 Å². The first-order valence-electron chi connectivity index (χ1n) is 10.2. The van der Waals surface area contributed by atoms with E-state index >= 15 is 0 Å². The van der Waals surface area contributed by atoms with Gasteiger partial charge in [-0.05, 0) is 51.0 Å². The zero-order chi connectivity index (χ0) is 18.8. The highest BCUT2D eigenvalue weighted by atomic mass is 16.5. The summed E-state index contributed by atoms with van der Waals surface area (Å²) in [5, 5.41) is 0. The van der Waals surface area contributed by atoms with Gasteiger partial charge in [-0.3, -0.25) is 0 Å². The van der Waals surface area contributed by atoms with E-state index in [0.717, 1.165) is 13.1 Å². The molecule has 0 N–H and O–H groups in total. The molecule has 4 atom stereocenters. The second kappa shape index (κ2) is 8.14. The summed E-state index contributed by atoms with van der Waals surface area (Å²) in [7, 11) is 6.71. The third-order valence-corrected chi connectivity index (χ3v) is 6.44. The van der Waals surface area contributed by atoms with Crippen molar-refractivity contribution in [3.63, 3.8) is 0 Å². The standard InChI is InChI=1S/C24H32N2O/c1-25(2)22-15-14-20-16-26(3)17-21(22)24(20)27-23(18-10-6-4-7-11-18)19-12-8-5-9-13-19/h4-13,20-24H,14-17H2,1-3H3/t20?,21?,22-,24-/m0/s1. The van der Waals surface area contributed by atoms with Gasteiger partial charge in [0.15, 0.2) is 0 Å². The van der Waals surface area contributed by atoms with Crippen LogP contribution >= 0.6 is 0 Å². The van der Waals surface area contributed by atoms with E-state index in [2.05, 4.69) is 91.6 Å². The summed E-state index contributed by atoms with van der Waals surface area (Å²) in [4.78, 5) is 4.92. The van der Waals surface area contributed by atoms with Gasteiger partial charge in [0, 0.05) is 25.0 Å². The number of likely N-dealkylation sites (tertiary alicyclic amines) is 1. The molecule has 0 spiro atoms. The van der Waals surface area contributed by atoms with Crippen molar-refractivity contribution in [2.75, 3.05) is 34.2 Å². The fourth-order valence-electron chi connectivity index (χ4n) is 5.20. The van der Waals surface area contributed by atoms with Gasteiger partial charge in [-0.1, -0.05) is 60.7 Å². The SMILES string of the molecule is CN1CC2CC[C@H](N(C)C)C(C1)[C@H]2OC(c1ccccc1)c1ccccc1. The van der Waals surface area contributed by atoms with Crippen LogP contribution in [0.2, 0.25) is 0 Å². The number of hydrogen-bond acceptors (Lipinski definition) is 3. The first kappa shape index (κ1) is 18.7. The molecule has 2 bridgehead atoms. The molecule has 1 aliphatic heterocycles. The molecule has 0 amide bonds. The number of hydrogen-bond donors (Lipinski definition) is 0. The van der Waals surface area contributed by atoms with Crippen molar-refractivity contribution < 1.29 is 4.74 Å². The summed E-state index contributed by atoms with van der Waals surface area (Å²) in [5.41, 5.74) is 2.50. The van der Waals surface area contributed by atoms with Gasteiger partial charge in [-0.25, -0.2) is 0 Å². The molecule has 2 unspecified atom stereocenters. The summed E-state index contributed by atoms with van der Waals surface area (Å²) in [6.45, 7) is 2.28. The maximum absolute atomic E-state index is 7.01. The molecular weight excluding hydrogens is 332 g/mol. The van der Waals surface area contributed by atoms with Crippen LogP contribution in [-0.4, -0.2) is 56.2 Å². The topological polar surface area (TPSA) is 15.7 Å². The average Bonchev–Trinajstić information content (AvgIpc) is 2.67. The number of fused-ring (bicyclic) bond motifs is 2. The average molecular weight is 365 g/mol. The van der Waals surface area contributed by atoms with Crippen molar-refractivity contribution >= 4 is 0 Å². The van der Waals surface area contributed by atoms with E-state index < -0.39 is 0 Å². The molecule has 3 nitrogen and oxygen atoms in total. The molecule has 0 aromatic heterocycles. The second-order valence-electron chi connectivity index (χ2n) is 8.56. The van der Waals surface area contributed by atoms with Crippen LogP contribution in [0.1, 0.15) is 30.1 Å². The Bertz CT molecular complexity index is 678. The van der Waals surface area contributed by atoms with Gasteiger partial charge in [-0.2, -0.15) is 0 Å². The zero-order valence-electron chi connectivity index (χ0n) is 16.8. The normalized spacial score (nSPS) is 28.6. The van der Waals surface area contributed by atoms with Crippen molar-refractivity contribution in [3.05, 3.63) is 71.8 Å². The molecule has 144 valence electrons. The molecule has 2 aliphatic rings. The Hall–Kier alpha value is -1.68. The summed E-state index contributed by atoms with van der Waals surface area (Å²) < 4.78 is 7.01. The first-order chi connectivity index (χ1) is 13.1. The second-order valence-corrected chi connectivity index (χ2v) is 8.56. The quantitative estimate of drug-likeness (QED) is 0.796. The number of nitrogens with zero attached hydrogens (tertiary/aromatic N) is 2. The monoisotopic (exact) mass is 364 g/mol. The van der Waals surface area contributed by atoms with Gasteiger partial charge in [0.1, 0.15) is 6.10 Å². The molecule has 27 heavy (non-hydrogen) atoms. The highest BCUT2D eigenvalue weighted by Crippen LogP contribution is 2.41. The summed E-state index contributed by atoms with van der Waals surface area (Å²) in [5.74, 6) is 1.19. The van der Waals surface area contributed by atoms with E-state index in [0.29, 0.717) is 24.0 Å². The fraction of sp³-hybridized carbons (Fsp3) is 0.500. The maximum Gasteiger partial charge on any atom is 0.108 e. The lowest BCUT2D eigenvalue weighted by atomic mass is 9.71. The number of rotatable bonds is 5. The minimum absolute atomic E-state index is 0.00622. The van der Waals surface area contributed by atoms with Crippen LogP contribution in [0.5, 0.6) is 0 Å². The van der Waals surface area contributed by atoms with Gasteiger partial charge in [-0.15, -0.1) is 0 Å². The van der Waals surface area contributed by atoms with Crippen LogP contribution in [0.25, 0.3) is 0 Å². The lowest BCUT2D eigenvalue weighted by Gasteiger charge is -2.52. The molecule has 1 saturated carbocycles. The minimum atomic E-state index is 0.00622. The molecular formula is C24H32N2O. The van der Waals surface area contributed by atoms with Gasteiger partial charge in [0.25, 0.3) is 0 Å². The van der Waals surface area contributed by atoms with Crippen LogP contribution in [0.4, 0.5) is 0 Å². The summed E-state index contributed by atoms with van der Waals surface area (Å²) >= 11 is 0. The van der Waals surface area contributed by atoms with Crippen LogP contribution in [0, 0.1) is 11.8 Å². The Morgan fingerprint density at radius 3 is 2.04 bits per heavy atom. The predicted octanol–water partition coefficient (Wildman–Crippen LogP) is 4.06. The van der Waals surface area contributed by atoms with E-state index in [9.17, 15) is 0 Å². The zero-order valence-corrected chi connectivity index (χ0v) is 16.8. The lowest BCUT2D eigenvalue weighted by Crippen LogP contribution is -2.59. The van der Waals surface area contributed by atoms with Crippen LogP contribution < -0.4 is 0 Å². The Morgan fingerprint density at radius 1 is 0.889 bits per heavy atom. The van der Waals surface area contributed by atoms with E-state index in [1.54, 1.807) is 0 Å². The molecule has 2 aromatic carbocycles. The lowest BCUT2D eigenvalue weighted by molar-refractivity contribution is -0.132. The van der Waals surface area contributed by atoms with E-state index in [-0.39, 0.29) is 6.10 Å². The Balaban J connectivity index is 1.66. The summed E-state index contributed by atoms with van der Waals surface area (Å²) in [6, 6.07) is 22.0. The molecule has 3 heteroatoms. The van der Waals surface area contributed by atoms with E-state index in [1.807, 2.05) is 0 Å². The van der Waals surface area contributed by atoms with Gasteiger partial charge in [0.05, 0.1) is 6.10 Å². The third kappa shape index (κ3) is 3.96. The van der Waals surface area contributed by atoms with Crippen molar-refractivity contribution in [3.8, 4) is 0 Å². The largest absolute Gasteiger partial charge is 0.365 e. The molecule has 1 saturated heterocycles. The Morgan fingerprint density at radius 2 is 1.48 bits per heavy atom. The van der Waals surface area contributed by atoms with Gasteiger partial charge < -0.3 is 14.5 Å². The molecule has 1 aliphatic carbocycles. The first-order valence-corrected chi connectivity index (χ1v) is 10.2. The Labute approximate surface area is 163 Å². The molecule has 1 heterocycles. The van der Waals surface area contributed by atoms with Crippen molar-refractivity contribution in [1.29, 1.82) is 0 Å². The van der Waals surface area contributed by atoms with Crippen molar-refractivity contribution in [1.82, 2.24) is 9.80 Å². The highest BCUT2D eigenvalue weighted by Gasteiger charge is 2.46. The molecule has 0 radical (unpaired) electrons. The number of ether oxygens (including phenoxy) is 1. The van der Waals surface area contributed by atoms with Crippen LogP contribution in [0.15, 0.2) is 60.7 Å². The molecule has 2 aromatic rings. The van der Waals surface area contributed by atoms with E-state index in [4.69, 9.17) is 4.74 Å². The smallest absolute Gasteiger partial charge is 0.108 e. The fourth-order valence-corrected chi connectivity index (χ4v) is 5.20. The minimum Gasteiger partial charge on any atom is -0.365 e. The molecule has 4 rings (SSSR count). The highest BCUT2D eigenvalue weighted by molar-refractivity contribution is 5.30. The van der Waals surface area contributed by atoms with Crippen LogP contribution in [-0.2, 0) is 4.74 Å². The number of piperidine rings is 1. The van der Waals surface area contributed by atoms with Gasteiger partial charge in [0.2, 0.25) is 0 Å². The Kier molecular flexibility index (Phi) is 5.63.